The third-order valence-electron chi connectivity index (χ3n) is 3.92. The largest absolute Gasteiger partial charge is 0.368 e. The Hall–Kier alpha value is -2.54. The number of hydrogen-bond donors (Lipinski definition) is 0. The van der Waals surface area contributed by atoms with Crippen molar-refractivity contribution < 1.29 is 0 Å². The fourth-order valence-electron chi connectivity index (χ4n) is 2.76. The van der Waals surface area contributed by atoms with Gasteiger partial charge in [0.25, 0.3) is 0 Å². The Morgan fingerprint density at radius 3 is 2.36 bits per heavy atom. The summed E-state index contributed by atoms with van der Waals surface area (Å²) in [5.74, 6) is 0. The van der Waals surface area contributed by atoms with Gasteiger partial charge < -0.3 is 4.90 Å². The van der Waals surface area contributed by atoms with Gasteiger partial charge in [-0.1, -0.05) is 78.9 Å². The molecule has 0 amide bonds. The van der Waals surface area contributed by atoms with E-state index >= 15 is 0 Å². The lowest BCUT2D eigenvalue weighted by molar-refractivity contribution is 0.912. The van der Waals surface area contributed by atoms with Crippen LogP contribution in [0.4, 0.5) is 5.69 Å². The number of nitrogens with zero attached hydrogens (tertiary/aromatic N) is 1. The van der Waals surface area contributed by atoms with Crippen molar-refractivity contribution in [1.82, 2.24) is 0 Å². The second-order valence-electron chi connectivity index (χ2n) is 5.35. The highest BCUT2D eigenvalue weighted by atomic mass is 15.1. The molecule has 0 fully saturated rings. The normalized spacial score (nSPS) is 11.1. The lowest BCUT2D eigenvalue weighted by Crippen LogP contribution is -2.22. The lowest BCUT2D eigenvalue weighted by Gasteiger charge is -2.23. The van der Waals surface area contributed by atoms with Crippen LogP contribution in [0.2, 0.25) is 0 Å². The van der Waals surface area contributed by atoms with Gasteiger partial charge in [-0.3, -0.25) is 0 Å². The van der Waals surface area contributed by atoms with E-state index in [1.807, 2.05) is 6.07 Å². The van der Waals surface area contributed by atoms with Gasteiger partial charge in [-0.05, 0) is 23.9 Å². The van der Waals surface area contributed by atoms with E-state index in [9.17, 15) is 0 Å². The van der Waals surface area contributed by atoms with E-state index < -0.39 is 0 Å². The highest BCUT2D eigenvalue weighted by Crippen LogP contribution is 2.26. The molecule has 1 heteroatoms. The van der Waals surface area contributed by atoms with Gasteiger partial charge in [0.1, 0.15) is 0 Å². The molecule has 0 radical (unpaired) electrons. The van der Waals surface area contributed by atoms with E-state index in [1.165, 1.54) is 22.0 Å². The van der Waals surface area contributed by atoms with Gasteiger partial charge in [0, 0.05) is 24.2 Å². The molecule has 22 heavy (non-hydrogen) atoms. The first-order valence-electron chi connectivity index (χ1n) is 7.83. The van der Waals surface area contributed by atoms with Gasteiger partial charge >= 0.3 is 0 Å². The number of rotatable bonds is 5. The van der Waals surface area contributed by atoms with Gasteiger partial charge in [-0.25, -0.2) is 0 Å². The summed E-state index contributed by atoms with van der Waals surface area (Å²) in [6.45, 7) is 4.12. The molecule has 0 aliphatic rings. The summed E-state index contributed by atoms with van der Waals surface area (Å²) >= 11 is 0. The molecule has 1 nitrogen and oxygen atoms in total. The minimum absolute atomic E-state index is 0.916. The summed E-state index contributed by atoms with van der Waals surface area (Å²) in [5, 5.41) is 2.62. The molecule has 3 aromatic carbocycles. The second kappa shape index (κ2) is 6.95. The van der Waals surface area contributed by atoms with Crippen LogP contribution in [0.5, 0.6) is 0 Å². The first-order chi connectivity index (χ1) is 10.9. The van der Waals surface area contributed by atoms with E-state index in [4.69, 9.17) is 0 Å². The fourth-order valence-corrected chi connectivity index (χ4v) is 2.76. The standard InChI is InChI=1S/C21H21N/c1-2-22(17-9-12-18-10-4-3-5-11-18)21-16-8-14-19-13-6-7-15-20(19)21/h3-16H,2,17H2,1H3. The van der Waals surface area contributed by atoms with E-state index in [0.717, 1.165) is 13.1 Å². The van der Waals surface area contributed by atoms with Gasteiger partial charge in [-0.15, -0.1) is 0 Å². The summed E-state index contributed by atoms with van der Waals surface area (Å²) < 4.78 is 0. The summed E-state index contributed by atoms with van der Waals surface area (Å²) in [7, 11) is 0. The van der Waals surface area contributed by atoms with Crippen LogP contribution < -0.4 is 4.90 Å². The Balaban J connectivity index is 1.83. The minimum atomic E-state index is 0.916. The van der Waals surface area contributed by atoms with Crippen molar-refractivity contribution in [3.63, 3.8) is 0 Å². The third kappa shape index (κ3) is 3.20. The molecular weight excluding hydrogens is 266 g/mol. The van der Waals surface area contributed by atoms with E-state index in [2.05, 4.69) is 90.7 Å². The number of likely N-dealkylation sites (N-methyl/N-ethyl adjacent to an activating group) is 1. The van der Waals surface area contributed by atoms with Crippen molar-refractivity contribution in [3.8, 4) is 0 Å². The Kier molecular flexibility index (Phi) is 4.55. The Labute approximate surface area is 132 Å². The topological polar surface area (TPSA) is 3.24 Å². The molecule has 0 heterocycles. The quantitative estimate of drug-likeness (QED) is 0.609. The zero-order valence-corrected chi connectivity index (χ0v) is 12.9. The predicted molar refractivity (Wildman–Crippen MR) is 97.3 cm³/mol. The molecule has 0 bridgehead atoms. The van der Waals surface area contributed by atoms with Crippen LogP contribution in [0.1, 0.15) is 12.5 Å². The van der Waals surface area contributed by atoms with E-state index in [1.54, 1.807) is 0 Å². The summed E-state index contributed by atoms with van der Waals surface area (Å²) in [4.78, 5) is 2.40. The Morgan fingerprint density at radius 2 is 1.55 bits per heavy atom. The minimum Gasteiger partial charge on any atom is -0.368 e. The summed E-state index contributed by atoms with van der Waals surface area (Å²) in [5.41, 5.74) is 2.55. The second-order valence-corrected chi connectivity index (χ2v) is 5.35. The van der Waals surface area contributed by atoms with E-state index in [0.29, 0.717) is 0 Å². The van der Waals surface area contributed by atoms with Gasteiger partial charge in [0.15, 0.2) is 0 Å². The summed E-state index contributed by atoms with van der Waals surface area (Å²) in [6, 6.07) is 25.6. The zero-order valence-electron chi connectivity index (χ0n) is 12.9. The SMILES string of the molecule is CCN(CC=Cc1ccccc1)c1cccc2ccccc12. The van der Waals surface area contributed by atoms with Gasteiger partial charge in [0.2, 0.25) is 0 Å². The van der Waals surface area contributed by atoms with Crippen molar-refractivity contribution in [3.05, 3.63) is 84.4 Å². The molecule has 0 saturated heterocycles. The van der Waals surface area contributed by atoms with Crippen molar-refractivity contribution in [2.24, 2.45) is 0 Å². The molecule has 0 atom stereocenters. The molecule has 0 N–H and O–H groups in total. The van der Waals surface area contributed by atoms with Gasteiger partial charge in [-0.2, -0.15) is 0 Å². The van der Waals surface area contributed by atoms with Crippen LogP contribution in [0.25, 0.3) is 16.8 Å². The van der Waals surface area contributed by atoms with Gasteiger partial charge in [0.05, 0.1) is 0 Å². The highest BCUT2D eigenvalue weighted by Gasteiger charge is 2.06. The molecular formula is C21H21N. The molecule has 3 aromatic rings. The van der Waals surface area contributed by atoms with Crippen molar-refractivity contribution in [2.45, 2.75) is 6.92 Å². The summed E-state index contributed by atoms with van der Waals surface area (Å²) in [6.07, 6.45) is 4.42. The molecule has 0 aliphatic carbocycles. The molecule has 0 aromatic heterocycles. The molecule has 0 saturated carbocycles. The van der Waals surface area contributed by atoms with Crippen LogP contribution in [-0.2, 0) is 0 Å². The molecule has 0 unspecified atom stereocenters. The molecule has 3 rings (SSSR count). The highest BCUT2D eigenvalue weighted by molar-refractivity contribution is 5.94. The number of hydrogen-bond acceptors (Lipinski definition) is 1. The third-order valence-corrected chi connectivity index (χ3v) is 3.92. The Morgan fingerprint density at radius 1 is 0.818 bits per heavy atom. The zero-order chi connectivity index (χ0) is 15.2. The Bertz CT molecular complexity index is 754. The maximum atomic E-state index is 2.40. The van der Waals surface area contributed by atoms with Crippen LogP contribution in [0.3, 0.4) is 0 Å². The van der Waals surface area contributed by atoms with Crippen LogP contribution in [0.15, 0.2) is 78.9 Å². The van der Waals surface area contributed by atoms with Crippen LogP contribution in [0, 0.1) is 0 Å². The number of benzene rings is 3. The van der Waals surface area contributed by atoms with Crippen molar-refractivity contribution >= 4 is 22.5 Å². The molecule has 0 spiro atoms. The van der Waals surface area contributed by atoms with Crippen molar-refractivity contribution in [2.75, 3.05) is 18.0 Å². The first kappa shape index (κ1) is 14.4. The first-order valence-corrected chi connectivity index (χ1v) is 7.83. The van der Waals surface area contributed by atoms with Crippen LogP contribution in [-0.4, -0.2) is 13.1 Å². The average Bonchev–Trinajstić information content (AvgIpc) is 2.59. The maximum absolute atomic E-state index is 2.40. The molecule has 110 valence electrons. The van der Waals surface area contributed by atoms with Crippen molar-refractivity contribution in [1.29, 1.82) is 0 Å². The fraction of sp³-hybridized carbons (Fsp3) is 0.143. The number of fused-ring (bicyclic) bond motifs is 1. The predicted octanol–water partition coefficient (Wildman–Crippen LogP) is 5.38. The number of anilines is 1. The monoisotopic (exact) mass is 287 g/mol. The van der Waals surface area contributed by atoms with E-state index in [-0.39, 0.29) is 0 Å². The van der Waals surface area contributed by atoms with Crippen LogP contribution >= 0.6 is 0 Å². The average molecular weight is 287 g/mol. The smallest absolute Gasteiger partial charge is 0.0448 e. The lowest BCUT2D eigenvalue weighted by atomic mass is 10.1. The molecule has 0 aliphatic heterocycles. The maximum Gasteiger partial charge on any atom is 0.0448 e.